The van der Waals surface area contributed by atoms with E-state index in [1.807, 2.05) is 0 Å². The lowest BCUT2D eigenvalue weighted by molar-refractivity contribution is 0.0343. The standard InChI is InChI=1S/C17H27NO2/c1-2-3-11-20-13-15(19)12-18-17-10-6-8-14-7-4-5-9-16(14)17/h4-5,7,9,15,17-19H,2-3,6,8,10-13H2,1H3. The zero-order valence-electron chi connectivity index (χ0n) is 12.5. The van der Waals surface area contributed by atoms with Crippen molar-refractivity contribution >= 4 is 0 Å². The summed E-state index contributed by atoms with van der Waals surface area (Å²) in [6, 6.07) is 9.01. The van der Waals surface area contributed by atoms with Gasteiger partial charge in [0.1, 0.15) is 0 Å². The number of hydrogen-bond acceptors (Lipinski definition) is 3. The highest BCUT2D eigenvalue weighted by Gasteiger charge is 2.19. The minimum Gasteiger partial charge on any atom is -0.389 e. The molecule has 0 aromatic heterocycles. The van der Waals surface area contributed by atoms with Gasteiger partial charge in [-0.2, -0.15) is 0 Å². The van der Waals surface area contributed by atoms with Crippen molar-refractivity contribution in [3.05, 3.63) is 35.4 Å². The van der Waals surface area contributed by atoms with Gasteiger partial charge in [-0.05, 0) is 36.8 Å². The van der Waals surface area contributed by atoms with Crippen LogP contribution in [0.4, 0.5) is 0 Å². The van der Waals surface area contributed by atoms with Crippen LogP contribution in [0.3, 0.4) is 0 Å². The average molecular weight is 277 g/mol. The first kappa shape index (κ1) is 15.5. The Hall–Kier alpha value is -0.900. The molecule has 0 aliphatic heterocycles. The SMILES string of the molecule is CCCCOCC(O)CNC1CCCc2ccccc21. The zero-order valence-corrected chi connectivity index (χ0v) is 12.5. The average Bonchev–Trinajstić information content (AvgIpc) is 2.49. The van der Waals surface area contributed by atoms with Crippen LogP contribution in [0, 0.1) is 0 Å². The number of nitrogens with one attached hydrogen (secondary N) is 1. The highest BCUT2D eigenvalue weighted by molar-refractivity contribution is 5.32. The van der Waals surface area contributed by atoms with E-state index in [0.29, 0.717) is 19.2 Å². The van der Waals surface area contributed by atoms with E-state index in [4.69, 9.17) is 4.74 Å². The van der Waals surface area contributed by atoms with E-state index in [1.54, 1.807) is 0 Å². The van der Waals surface area contributed by atoms with Gasteiger partial charge < -0.3 is 15.2 Å². The number of aliphatic hydroxyl groups is 1. The van der Waals surface area contributed by atoms with Crippen molar-refractivity contribution in [2.45, 2.75) is 51.2 Å². The summed E-state index contributed by atoms with van der Waals surface area (Å²) in [6.07, 6.45) is 5.33. The van der Waals surface area contributed by atoms with Crippen LogP contribution in [0.1, 0.15) is 49.8 Å². The highest BCUT2D eigenvalue weighted by atomic mass is 16.5. The van der Waals surface area contributed by atoms with Crippen molar-refractivity contribution < 1.29 is 9.84 Å². The fourth-order valence-corrected chi connectivity index (χ4v) is 2.77. The summed E-state index contributed by atoms with van der Waals surface area (Å²) in [4.78, 5) is 0. The highest BCUT2D eigenvalue weighted by Crippen LogP contribution is 2.29. The Labute approximate surface area is 122 Å². The van der Waals surface area contributed by atoms with Gasteiger partial charge in [0.2, 0.25) is 0 Å². The Morgan fingerprint density at radius 1 is 1.40 bits per heavy atom. The predicted molar refractivity (Wildman–Crippen MR) is 81.9 cm³/mol. The van der Waals surface area contributed by atoms with Gasteiger partial charge in [0.15, 0.2) is 0 Å². The Bertz CT molecular complexity index is 394. The number of aryl methyl sites for hydroxylation is 1. The molecule has 0 saturated carbocycles. The third-order valence-corrected chi connectivity index (χ3v) is 3.92. The van der Waals surface area contributed by atoms with E-state index in [-0.39, 0.29) is 0 Å². The van der Waals surface area contributed by atoms with Gasteiger partial charge >= 0.3 is 0 Å². The molecule has 2 N–H and O–H groups in total. The number of rotatable bonds is 8. The van der Waals surface area contributed by atoms with Crippen molar-refractivity contribution in [2.75, 3.05) is 19.8 Å². The van der Waals surface area contributed by atoms with Crippen LogP contribution in [-0.2, 0) is 11.2 Å². The van der Waals surface area contributed by atoms with Gasteiger partial charge in [0, 0.05) is 19.2 Å². The Balaban J connectivity index is 1.74. The van der Waals surface area contributed by atoms with E-state index < -0.39 is 6.10 Å². The first-order valence-corrected chi connectivity index (χ1v) is 7.88. The largest absolute Gasteiger partial charge is 0.389 e. The monoisotopic (exact) mass is 277 g/mol. The number of benzene rings is 1. The fraction of sp³-hybridized carbons (Fsp3) is 0.647. The van der Waals surface area contributed by atoms with Gasteiger partial charge in [-0.3, -0.25) is 0 Å². The Kier molecular flexibility index (Phi) is 6.51. The van der Waals surface area contributed by atoms with Crippen LogP contribution in [0.15, 0.2) is 24.3 Å². The maximum atomic E-state index is 9.94. The molecule has 0 radical (unpaired) electrons. The maximum Gasteiger partial charge on any atom is 0.0897 e. The molecule has 0 fully saturated rings. The van der Waals surface area contributed by atoms with Crippen LogP contribution in [0.5, 0.6) is 0 Å². The van der Waals surface area contributed by atoms with Gasteiger partial charge in [-0.15, -0.1) is 0 Å². The zero-order chi connectivity index (χ0) is 14.2. The summed E-state index contributed by atoms with van der Waals surface area (Å²) in [5.74, 6) is 0. The molecule has 2 atom stereocenters. The van der Waals surface area contributed by atoms with Crippen molar-refractivity contribution in [1.82, 2.24) is 5.32 Å². The van der Waals surface area contributed by atoms with Crippen molar-refractivity contribution in [1.29, 1.82) is 0 Å². The molecule has 1 aromatic rings. The molecule has 0 bridgehead atoms. The molecule has 20 heavy (non-hydrogen) atoms. The van der Waals surface area contributed by atoms with Gasteiger partial charge in [-0.25, -0.2) is 0 Å². The lowest BCUT2D eigenvalue weighted by Gasteiger charge is -2.27. The molecular formula is C17H27NO2. The molecule has 2 unspecified atom stereocenters. The molecule has 3 heteroatoms. The molecule has 0 spiro atoms. The minimum absolute atomic E-state index is 0.380. The molecule has 1 aromatic carbocycles. The molecule has 0 amide bonds. The summed E-state index contributed by atoms with van der Waals surface area (Å²) in [7, 11) is 0. The molecule has 0 heterocycles. The van der Waals surface area contributed by atoms with Gasteiger partial charge in [0.05, 0.1) is 12.7 Å². The van der Waals surface area contributed by atoms with Crippen LogP contribution in [0.25, 0.3) is 0 Å². The second-order valence-corrected chi connectivity index (χ2v) is 5.63. The van der Waals surface area contributed by atoms with E-state index in [0.717, 1.165) is 25.9 Å². The van der Waals surface area contributed by atoms with E-state index in [1.165, 1.54) is 24.0 Å². The Morgan fingerprint density at radius 2 is 2.25 bits per heavy atom. The first-order chi connectivity index (χ1) is 9.81. The lowest BCUT2D eigenvalue weighted by atomic mass is 9.88. The van der Waals surface area contributed by atoms with Crippen molar-refractivity contribution in [3.8, 4) is 0 Å². The van der Waals surface area contributed by atoms with Crippen LogP contribution in [-0.4, -0.2) is 31.0 Å². The van der Waals surface area contributed by atoms with E-state index in [9.17, 15) is 5.11 Å². The molecule has 1 aliphatic rings. The molecule has 2 rings (SSSR count). The summed E-state index contributed by atoms with van der Waals surface area (Å²) in [6.45, 7) is 3.92. The molecule has 3 nitrogen and oxygen atoms in total. The van der Waals surface area contributed by atoms with Gasteiger partial charge in [0.25, 0.3) is 0 Å². The number of hydrogen-bond donors (Lipinski definition) is 2. The molecule has 0 saturated heterocycles. The quantitative estimate of drug-likeness (QED) is 0.718. The summed E-state index contributed by atoms with van der Waals surface area (Å²) in [5.41, 5.74) is 2.85. The first-order valence-electron chi connectivity index (χ1n) is 7.88. The van der Waals surface area contributed by atoms with Crippen molar-refractivity contribution in [2.24, 2.45) is 0 Å². The second kappa shape index (κ2) is 8.40. The lowest BCUT2D eigenvalue weighted by Crippen LogP contribution is -2.34. The number of fused-ring (bicyclic) bond motifs is 1. The third-order valence-electron chi connectivity index (χ3n) is 3.92. The normalized spacial score (nSPS) is 19.6. The minimum atomic E-state index is -0.416. The van der Waals surface area contributed by atoms with Crippen LogP contribution in [0.2, 0.25) is 0 Å². The van der Waals surface area contributed by atoms with Gasteiger partial charge in [-0.1, -0.05) is 37.6 Å². The summed E-state index contributed by atoms with van der Waals surface area (Å²) >= 11 is 0. The van der Waals surface area contributed by atoms with Crippen molar-refractivity contribution in [3.63, 3.8) is 0 Å². The summed E-state index contributed by atoms with van der Waals surface area (Å²) in [5, 5.41) is 13.4. The number of ether oxygens (including phenoxy) is 1. The topological polar surface area (TPSA) is 41.5 Å². The fourth-order valence-electron chi connectivity index (χ4n) is 2.77. The smallest absolute Gasteiger partial charge is 0.0897 e. The molecule has 112 valence electrons. The second-order valence-electron chi connectivity index (χ2n) is 5.63. The summed E-state index contributed by atoms with van der Waals surface area (Å²) < 4.78 is 5.46. The molecule has 1 aliphatic carbocycles. The van der Waals surface area contributed by atoms with Crippen LogP contribution < -0.4 is 5.32 Å². The number of aliphatic hydroxyl groups excluding tert-OH is 1. The van der Waals surface area contributed by atoms with E-state index in [2.05, 4.69) is 36.5 Å². The predicted octanol–water partition coefficient (Wildman–Crippen LogP) is 2.83. The van der Waals surface area contributed by atoms with Crippen LogP contribution >= 0.6 is 0 Å². The Morgan fingerprint density at radius 3 is 3.10 bits per heavy atom. The van der Waals surface area contributed by atoms with E-state index >= 15 is 0 Å². The number of unbranched alkanes of at least 4 members (excludes halogenated alkanes) is 1. The molecular weight excluding hydrogens is 250 g/mol. The third kappa shape index (κ3) is 4.58. The maximum absolute atomic E-state index is 9.94.